The van der Waals surface area contributed by atoms with Crippen LogP contribution in [0, 0.1) is 0 Å². The lowest BCUT2D eigenvalue weighted by Crippen LogP contribution is -2.48. The Hall–Kier alpha value is -1.59. The first kappa shape index (κ1) is 21.1. The summed E-state index contributed by atoms with van der Waals surface area (Å²) < 4.78 is 0. The molecule has 0 aromatic heterocycles. The number of carbonyl (C=O) groups excluding carboxylic acids is 1. The molecule has 1 heterocycles. The zero-order valence-corrected chi connectivity index (χ0v) is 18.4. The number of hydrogen-bond acceptors (Lipinski definition) is 3. The SMILES string of the molecule is CCN(CC)CCC1(c2ccc(Cl)cc2)C(=O)N(N(C)C)c2cc(Cl)ccc21. The molecule has 28 heavy (non-hydrogen) atoms. The molecule has 0 saturated carbocycles. The van der Waals surface area contributed by atoms with Crippen LogP contribution in [0.2, 0.25) is 10.0 Å². The third-order valence-corrected chi connectivity index (χ3v) is 6.13. The van der Waals surface area contributed by atoms with Gasteiger partial charge in [0, 0.05) is 24.1 Å². The predicted molar refractivity (Wildman–Crippen MR) is 117 cm³/mol. The summed E-state index contributed by atoms with van der Waals surface area (Å²) in [6.07, 6.45) is 0.689. The van der Waals surface area contributed by atoms with E-state index in [0.717, 1.165) is 36.4 Å². The fourth-order valence-electron chi connectivity index (χ4n) is 4.11. The highest BCUT2D eigenvalue weighted by Gasteiger charge is 2.52. The van der Waals surface area contributed by atoms with Crippen LogP contribution in [0.4, 0.5) is 5.69 Å². The fraction of sp³-hybridized carbons (Fsp3) is 0.409. The molecule has 1 amide bonds. The first-order valence-corrected chi connectivity index (χ1v) is 10.4. The predicted octanol–water partition coefficient (Wildman–Crippen LogP) is 4.83. The van der Waals surface area contributed by atoms with Gasteiger partial charge in [-0.1, -0.05) is 55.2 Å². The molecule has 0 N–H and O–H groups in total. The summed E-state index contributed by atoms with van der Waals surface area (Å²) in [6.45, 7) is 7.02. The minimum Gasteiger partial charge on any atom is -0.304 e. The summed E-state index contributed by atoms with van der Waals surface area (Å²) in [6, 6.07) is 13.4. The van der Waals surface area contributed by atoms with Crippen molar-refractivity contribution < 1.29 is 4.79 Å². The van der Waals surface area contributed by atoms with E-state index in [1.807, 2.05) is 61.6 Å². The summed E-state index contributed by atoms with van der Waals surface area (Å²) in [5.41, 5.74) is 2.03. The molecule has 2 aromatic rings. The molecule has 3 rings (SSSR count). The molecule has 1 atom stereocenters. The number of benzene rings is 2. The van der Waals surface area contributed by atoms with Gasteiger partial charge in [-0.05, 0) is 61.4 Å². The number of carbonyl (C=O) groups is 1. The van der Waals surface area contributed by atoms with Crippen LogP contribution >= 0.6 is 23.2 Å². The van der Waals surface area contributed by atoms with Gasteiger partial charge in [0.2, 0.25) is 0 Å². The monoisotopic (exact) mass is 419 g/mol. The van der Waals surface area contributed by atoms with Crippen LogP contribution in [0.1, 0.15) is 31.4 Å². The largest absolute Gasteiger partial charge is 0.304 e. The van der Waals surface area contributed by atoms with Crippen LogP contribution in [-0.4, -0.2) is 49.5 Å². The van der Waals surface area contributed by atoms with E-state index in [1.54, 1.807) is 5.01 Å². The van der Waals surface area contributed by atoms with Crippen LogP contribution in [0.5, 0.6) is 0 Å². The van der Waals surface area contributed by atoms with Gasteiger partial charge < -0.3 is 4.90 Å². The normalized spacial score (nSPS) is 19.0. The quantitative estimate of drug-likeness (QED) is 0.642. The Morgan fingerprint density at radius 2 is 1.57 bits per heavy atom. The third kappa shape index (κ3) is 3.55. The van der Waals surface area contributed by atoms with Gasteiger partial charge in [0.15, 0.2) is 0 Å². The maximum absolute atomic E-state index is 13.9. The maximum atomic E-state index is 13.9. The Labute approximate surface area is 177 Å². The van der Waals surface area contributed by atoms with Crippen molar-refractivity contribution >= 4 is 34.8 Å². The molecule has 0 aliphatic carbocycles. The molecule has 1 aliphatic rings. The Balaban J connectivity index is 2.20. The van der Waals surface area contributed by atoms with Crippen LogP contribution in [0.25, 0.3) is 0 Å². The lowest BCUT2D eigenvalue weighted by molar-refractivity contribution is -0.124. The van der Waals surface area contributed by atoms with Crippen molar-refractivity contribution in [3.05, 3.63) is 63.6 Å². The summed E-state index contributed by atoms with van der Waals surface area (Å²) >= 11 is 12.4. The highest BCUT2D eigenvalue weighted by atomic mass is 35.5. The lowest BCUT2D eigenvalue weighted by Gasteiger charge is -2.33. The Morgan fingerprint density at radius 3 is 2.14 bits per heavy atom. The number of amides is 1. The average molecular weight is 420 g/mol. The fourth-order valence-corrected chi connectivity index (χ4v) is 4.40. The number of hydrazine groups is 1. The van der Waals surface area contributed by atoms with Crippen LogP contribution < -0.4 is 5.01 Å². The summed E-state index contributed by atoms with van der Waals surface area (Å²) in [5, 5.41) is 4.84. The van der Waals surface area contributed by atoms with E-state index in [9.17, 15) is 4.79 Å². The molecule has 6 heteroatoms. The van der Waals surface area contributed by atoms with Crippen molar-refractivity contribution in [1.82, 2.24) is 9.91 Å². The Bertz CT molecular complexity index is 849. The minimum absolute atomic E-state index is 0.0456. The minimum atomic E-state index is -0.766. The zero-order chi connectivity index (χ0) is 20.5. The van der Waals surface area contributed by atoms with E-state index in [1.165, 1.54) is 0 Å². The average Bonchev–Trinajstić information content (AvgIpc) is 2.91. The molecule has 0 spiro atoms. The van der Waals surface area contributed by atoms with Gasteiger partial charge in [0.1, 0.15) is 5.41 Å². The summed E-state index contributed by atoms with van der Waals surface area (Å²) in [5.74, 6) is 0.0456. The maximum Gasteiger partial charge on any atom is 0.256 e. The molecule has 2 aromatic carbocycles. The molecule has 4 nitrogen and oxygen atoms in total. The van der Waals surface area contributed by atoms with Crippen molar-refractivity contribution in [2.24, 2.45) is 0 Å². The van der Waals surface area contributed by atoms with Crippen molar-refractivity contribution in [1.29, 1.82) is 0 Å². The lowest BCUT2D eigenvalue weighted by atomic mass is 9.72. The number of hydrogen-bond donors (Lipinski definition) is 0. The Kier molecular flexibility index (Phi) is 6.35. The van der Waals surface area contributed by atoms with Crippen molar-refractivity contribution in [2.45, 2.75) is 25.7 Å². The second kappa shape index (κ2) is 8.42. The van der Waals surface area contributed by atoms with E-state index in [-0.39, 0.29) is 5.91 Å². The number of fused-ring (bicyclic) bond motifs is 1. The molecule has 0 bridgehead atoms. The Morgan fingerprint density at radius 1 is 0.964 bits per heavy atom. The number of halogens is 2. The number of anilines is 1. The van der Waals surface area contributed by atoms with E-state index in [4.69, 9.17) is 23.2 Å². The van der Waals surface area contributed by atoms with Gasteiger partial charge >= 0.3 is 0 Å². The molecule has 1 aliphatic heterocycles. The van der Waals surface area contributed by atoms with Crippen molar-refractivity contribution in [3.63, 3.8) is 0 Å². The number of rotatable bonds is 7. The van der Waals surface area contributed by atoms with Crippen molar-refractivity contribution in [3.8, 4) is 0 Å². The summed E-state index contributed by atoms with van der Waals surface area (Å²) in [7, 11) is 3.76. The first-order chi connectivity index (χ1) is 13.3. The highest BCUT2D eigenvalue weighted by Crippen LogP contribution is 2.49. The third-order valence-electron chi connectivity index (χ3n) is 5.64. The van der Waals surface area contributed by atoms with Gasteiger partial charge in [-0.3, -0.25) is 4.79 Å². The molecule has 0 saturated heterocycles. The molecule has 0 fully saturated rings. The zero-order valence-electron chi connectivity index (χ0n) is 16.9. The van der Waals surface area contributed by atoms with Crippen molar-refractivity contribution in [2.75, 3.05) is 38.7 Å². The first-order valence-electron chi connectivity index (χ1n) is 9.65. The van der Waals surface area contributed by atoms with E-state index < -0.39 is 5.41 Å². The second-order valence-corrected chi connectivity index (χ2v) is 8.19. The van der Waals surface area contributed by atoms with Crippen LogP contribution in [-0.2, 0) is 10.2 Å². The van der Waals surface area contributed by atoms with Gasteiger partial charge in [-0.15, -0.1) is 0 Å². The number of nitrogens with zero attached hydrogens (tertiary/aromatic N) is 3. The molecular weight excluding hydrogens is 393 g/mol. The standard InChI is InChI=1S/C22H27Cl2N3O/c1-5-26(6-2)14-13-22(16-7-9-17(23)10-8-16)19-12-11-18(24)15-20(19)27(21(22)28)25(3)4/h7-12,15H,5-6,13-14H2,1-4H3. The van der Waals surface area contributed by atoms with E-state index >= 15 is 0 Å². The molecule has 150 valence electrons. The summed E-state index contributed by atoms with van der Waals surface area (Å²) in [4.78, 5) is 16.2. The highest BCUT2D eigenvalue weighted by molar-refractivity contribution is 6.31. The van der Waals surface area contributed by atoms with Crippen LogP contribution in [0.15, 0.2) is 42.5 Å². The van der Waals surface area contributed by atoms with Crippen LogP contribution in [0.3, 0.4) is 0 Å². The molecular formula is C22H27Cl2N3O. The second-order valence-electron chi connectivity index (χ2n) is 7.31. The molecule has 1 unspecified atom stereocenters. The van der Waals surface area contributed by atoms with Gasteiger partial charge in [-0.25, -0.2) is 10.0 Å². The van der Waals surface area contributed by atoms with Gasteiger partial charge in [-0.2, -0.15) is 0 Å². The van der Waals surface area contributed by atoms with Gasteiger partial charge in [0.05, 0.1) is 5.69 Å². The smallest absolute Gasteiger partial charge is 0.256 e. The van der Waals surface area contributed by atoms with Gasteiger partial charge in [0.25, 0.3) is 5.91 Å². The molecule has 0 radical (unpaired) electrons. The van der Waals surface area contributed by atoms with E-state index in [2.05, 4.69) is 18.7 Å². The van der Waals surface area contributed by atoms with E-state index in [0.29, 0.717) is 16.5 Å². The topological polar surface area (TPSA) is 26.8 Å².